The topological polar surface area (TPSA) is 69.6 Å². The predicted molar refractivity (Wildman–Crippen MR) is 123 cm³/mol. The minimum Gasteiger partial charge on any atom is -0.356 e. The molecule has 2 N–H and O–H groups in total. The first kappa shape index (κ1) is 23.4. The first-order chi connectivity index (χ1) is 12.6. The molecule has 0 aliphatic carbocycles. The molecule has 1 aromatic carbocycles. The Morgan fingerprint density at radius 2 is 1.96 bits per heavy atom. The third-order valence-electron chi connectivity index (χ3n) is 3.78. The van der Waals surface area contributed by atoms with Crippen molar-refractivity contribution < 1.29 is 4.79 Å². The molecule has 1 heterocycles. The zero-order valence-electron chi connectivity index (χ0n) is 16.1. The van der Waals surface area contributed by atoms with Gasteiger partial charge in [-0.15, -0.1) is 35.3 Å². The Kier molecular flexibility index (Phi) is 11.0. The predicted octanol–water partition coefficient (Wildman–Crippen LogP) is 2.69. The number of thiazole rings is 1. The monoisotopic (exact) mass is 501 g/mol. The van der Waals surface area contributed by atoms with Crippen molar-refractivity contribution >= 4 is 47.2 Å². The van der Waals surface area contributed by atoms with Gasteiger partial charge in [0, 0.05) is 31.7 Å². The highest BCUT2D eigenvalue weighted by Gasteiger charge is 2.06. The van der Waals surface area contributed by atoms with Crippen LogP contribution in [0.15, 0.2) is 41.5 Å². The van der Waals surface area contributed by atoms with E-state index in [1.54, 1.807) is 30.3 Å². The largest absolute Gasteiger partial charge is 0.356 e. The number of halogens is 1. The molecule has 2 aromatic rings. The second-order valence-corrected chi connectivity index (χ2v) is 7.24. The lowest BCUT2D eigenvalue weighted by molar-refractivity contribution is -0.127. The molecule has 0 aliphatic rings. The number of amides is 1. The summed E-state index contributed by atoms with van der Waals surface area (Å²) >= 11 is 1.69. The van der Waals surface area contributed by atoms with Crippen molar-refractivity contribution in [3.63, 3.8) is 0 Å². The standard InChI is InChI=1S/C19H27N5OS.HI/c1-4-16-12-21-17(26-16)13-22-19(23-14-18(25)24(2)3)20-11-10-15-8-6-5-7-9-15;/h5-9,12H,4,10-11,13-14H2,1-3H3,(H2,20,22,23);1H. The highest BCUT2D eigenvalue weighted by molar-refractivity contribution is 14.0. The summed E-state index contributed by atoms with van der Waals surface area (Å²) in [5.41, 5.74) is 1.26. The average Bonchev–Trinajstić information content (AvgIpc) is 3.12. The van der Waals surface area contributed by atoms with Gasteiger partial charge in [0.2, 0.25) is 5.91 Å². The second kappa shape index (κ2) is 12.7. The van der Waals surface area contributed by atoms with Crippen LogP contribution in [0.2, 0.25) is 0 Å². The van der Waals surface area contributed by atoms with Gasteiger partial charge in [-0.1, -0.05) is 37.3 Å². The summed E-state index contributed by atoms with van der Waals surface area (Å²) in [6.07, 6.45) is 3.79. The number of nitrogens with one attached hydrogen (secondary N) is 2. The van der Waals surface area contributed by atoms with Crippen LogP contribution in [0.5, 0.6) is 0 Å². The fourth-order valence-electron chi connectivity index (χ4n) is 2.18. The molecule has 0 saturated carbocycles. The average molecular weight is 501 g/mol. The molecule has 6 nitrogen and oxygen atoms in total. The van der Waals surface area contributed by atoms with E-state index in [9.17, 15) is 4.79 Å². The van der Waals surface area contributed by atoms with Gasteiger partial charge in [0.15, 0.2) is 5.96 Å². The van der Waals surface area contributed by atoms with Gasteiger partial charge in [-0.2, -0.15) is 0 Å². The van der Waals surface area contributed by atoms with Crippen LogP contribution in [0.1, 0.15) is 22.4 Å². The molecule has 0 atom stereocenters. The molecular formula is C19H28IN5OS. The lowest BCUT2D eigenvalue weighted by atomic mass is 10.1. The van der Waals surface area contributed by atoms with Crippen LogP contribution in [-0.4, -0.2) is 48.9 Å². The van der Waals surface area contributed by atoms with Crippen LogP contribution in [0.4, 0.5) is 0 Å². The van der Waals surface area contributed by atoms with Gasteiger partial charge >= 0.3 is 0 Å². The third kappa shape index (κ3) is 8.70. The van der Waals surface area contributed by atoms with Gasteiger partial charge in [-0.05, 0) is 18.4 Å². The number of hydrogen-bond donors (Lipinski definition) is 2. The van der Waals surface area contributed by atoms with E-state index in [-0.39, 0.29) is 36.4 Å². The molecule has 0 bridgehead atoms. The number of rotatable bonds is 8. The van der Waals surface area contributed by atoms with Crippen LogP contribution >= 0.6 is 35.3 Å². The molecule has 1 aromatic heterocycles. The maximum absolute atomic E-state index is 11.8. The summed E-state index contributed by atoms with van der Waals surface area (Å²) < 4.78 is 0. The fourth-order valence-corrected chi connectivity index (χ4v) is 2.99. The molecular weight excluding hydrogens is 473 g/mol. The van der Waals surface area contributed by atoms with Gasteiger partial charge in [0.1, 0.15) is 11.6 Å². The van der Waals surface area contributed by atoms with Crippen molar-refractivity contribution in [2.75, 3.05) is 27.2 Å². The van der Waals surface area contributed by atoms with Crippen LogP contribution in [-0.2, 0) is 24.2 Å². The van der Waals surface area contributed by atoms with Crippen molar-refractivity contribution in [2.24, 2.45) is 4.99 Å². The highest BCUT2D eigenvalue weighted by Crippen LogP contribution is 2.12. The molecule has 2 rings (SSSR count). The van der Waals surface area contributed by atoms with Gasteiger partial charge < -0.3 is 15.5 Å². The summed E-state index contributed by atoms with van der Waals surface area (Å²) in [4.78, 5) is 23.4. The summed E-state index contributed by atoms with van der Waals surface area (Å²) in [7, 11) is 3.46. The number of benzene rings is 1. The molecule has 0 aliphatic heterocycles. The van der Waals surface area contributed by atoms with E-state index in [1.165, 1.54) is 10.4 Å². The molecule has 148 valence electrons. The maximum Gasteiger partial charge on any atom is 0.243 e. The first-order valence-corrected chi connectivity index (χ1v) is 9.60. The van der Waals surface area contributed by atoms with E-state index in [2.05, 4.69) is 39.7 Å². The molecule has 1 amide bonds. The number of hydrogen-bond acceptors (Lipinski definition) is 4. The van der Waals surface area contributed by atoms with Crippen molar-refractivity contribution in [2.45, 2.75) is 26.3 Å². The Hall–Kier alpha value is -1.68. The normalized spacial score (nSPS) is 10.9. The number of guanidine groups is 1. The van der Waals surface area contributed by atoms with Crippen LogP contribution in [0.25, 0.3) is 0 Å². The Morgan fingerprint density at radius 1 is 1.22 bits per heavy atom. The minimum atomic E-state index is -0.0309. The Balaban J connectivity index is 0.00000364. The number of likely N-dealkylation sites (N-methyl/N-ethyl adjacent to an activating group) is 1. The first-order valence-electron chi connectivity index (χ1n) is 8.78. The zero-order chi connectivity index (χ0) is 18.8. The quantitative estimate of drug-likeness (QED) is 0.332. The van der Waals surface area contributed by atoms with Crippen molar-refractivity contribution in [3.8, 4) is 0 Å². The van der Waals surface area contributed by atoms with Crippen LogP contribution in [0.3, 0.4) is 0 Å². The molecule has 8 heteroatoms. The fraction of sp³-hybridized carbons (Fsp3) is 0.421. The Bertz CT molecular complexity index is 718. The van der Waals surface area contributed by atoms with Gasteiger partial charge in [-0.25, -0.2) is 9.98 Å². The van der Waals surface area contributed by atoms with Gasteiger partial charge in [-0.3, -0.25) is 4.79 Å². The zero-order valence-corrected chi connectivity index (χ0v) is 19.2. The third-order valence-corrected chi connectivity index (χ3v) is 4.92. The van der Waals surface area contributed by atoms with E-state index in [1.807, 2.05) is 24.4 Å². The lowest BCUT2D eigenvalue weighted by Gasteiger charge is -2.13. The van der Waals surface area contributed by atoms with E-state index in [0.717, 1.165) is 24.4 Å². The SMILES string of the molecule is CCc1cnc(CNC(=NCC(=O)N(C)C)NCCc2ccccc2)s1.I. The number of aromatic nitrogens is 1. The molecule has 0 unspecified atom stereocenters. The van der Waals surface area contributed by atoms with E-state index in [0.29, 0.717) is 12.5 Å². The van der Waals surface area contributed by atoms with Gasteiger partial charge in [0.05, 0.1) is 6.54 Å². The Morgan fingerprint density at radius 3 is 2.59 bits per heavy atom. The smallest absolute Gasteiger partial charge is 0.243 e. The number of aryl methyl sites for hydroxylation is 1. The van der Waals surface area contributed by atoms with E-state index < -0.39 is 0 Å². The number of carbonyl (C=O) groups is 1. The van der Waals surface area contributed by atoms with E-state index >= 15 is 0 Å². The molecule has 0 fully saturated rings. The van der Waals surface area contributed by atoms with Crippen LogP contribution < -0.4 is 10.6 Å². The highest BCUT2D eigenvalue weighted by atomic mass is 127. The molecule has 0 saturated heterocycles. The van der Waals surface area contributed by atoms with E-state index in [4.69, 9.17) is 0 Å². The summed E-state index contributed by atoms with van der Waals surface area (Å²) in [6.45, 7) is 3.57. The molecule has 0 radical (unpaired) electrons. The number of carbonyl (C=O) groups excluding carboxylic acids is 1. The maximum atomic E-state index is 11.8. The lowest BCUT2D eigenvalue weighted by Crippen LogP contribution is -2.39. The molecule has 27 heavy (non-hydrogen) atoms. The summed E-state index contributed by atoms with van der Waals surface area (Å²) in [5, 5.41) is 7.58. The minimum absolute atomic E-state index is 0. The van der Waals surface area contributed by atoms with Crippen molar-refractivity contribution in [3.05, 3.63) is 52.0 Å². The Labute approximate surface area is 182 Å². The summed E-state index contributed by atoms with van der Waals surface area (Å²) in [6, 6.07) is 10.3. The van der Waals surface area contributed by atoms with Crippen molar-refractivity contribution in [1.29, 1.82) is 0 Å². The second-order valence-electron chi connectivity index (χ2n) is 6.04. The van der Waals surface area contributed by atoms with Gasteiger partial charge in [0.25, 0.3) is 0 Å². The number of nitrogens with zero attached hydrogens (tertiary/aromatic N) is 3. The number of aliphatic imine (C=N–C) groups is 1. The summed E-state index contributed by atoms with van der Waals surface area (Å²) in [5.74, 6) is 0.598. The molecule has 0 spiro atoms. The van der Waals surface area contributed by atoms with Crippen LogP contribution in [0, 0.1) is 0 Å². The van der Waals surface area contributed by atoms with Crippen molar-refractivity contribution in [1.82, 2.24) is 20.5 Å².